The van der Waals surface area contributed by atoms with Gasteiger partial charge in [0.1, 0.15) is 13.2 Å². The van der Waals surface area contributed by atoms with E-state index in [0.717, 1.165) is 30.2 Å². The van der Waals surface area contributed by atoms with Crippen molar-refractivity contribution in [2.45, 2.75) is 6.92 Å². The Morgan fingerprint density at radius 2 is 2.17 bits per heavy atom. The van der Waals surface area contributed by atoms with E-state index in [0.29, 0.717) is 19.0 Å². The summed E-state index contributed by atoms with van der Waals surface area (Å²) in [5.41, 5.74) is 1.05. The summed E-state index contributed by atoms with van der Waals surface area (Å²) < 4.78 is 16.5. The molecule has 0 radical (unpaired) electrons. The Kier molecular flexibility index (Phi) is 4.47. The molecule has 2 rings (SSSR count). The summed E-state index contributed by atoms with van der Waals surface area (Å²) >= 11 is 0. The van der Waals surface area contributed by atoms with Gasteiger partial charge in [-0.3, -0.25) is 0 Å². The van der Waals surface area contributed by atoms with E-state index in [1.54, 1.807) is 7.11 Å². The van der Waals surface area contributed by atoms with Crippen molar-refractivity contribution in [1.29, 1.82) is 0 Å². The monoisotopic (exact) mass is 249 g/mol. The first kappa shape index (κ1) is 12.8. The summed E-state index contributed by atoms with van der Waals surface area (Å²) in [5, 5.41) is 3.24. The second-order valence-corrected chi connectivity index (χ2v) is 3.96. The lowest BCUT2D eigenvalue weighted by Gasteiger charge is -2.20. The molecule has 18 heavy (non-hydrogen) atoms. The minimum Gasteiger partial charge on any atom is -0.493 e. The molecule has 4 heteroatoms. The molecule has 0 unspecified atom stereocenters. The van der Waals surface area contributed by atoms with E-state index in [1.165, 1.54) is 0 Å². The molecule has 0 spiro atoms. The predicted octanol–water partition coefficient (Wildman–Crippen LogP) is 2.09. The SMILES string of the molecule is CCNCC=Cc1cc(OC)c2c(c1)OCCO2. The van der Waals surface area contributed by atoms with Crippen LogP contribution in [0.15, 0.2) is 18.2 Å². The average Bonchev–Trinajstić information content (AvgIpc) is 2.42. The first-order valence-corrected chi connectivity index (χ1v) is 6.20. The number of likely N-dealkylation sites (N-methyl/N-ethyl adjacent to an activating group) is 1. The number of benzene rings is 1. The lowest BCUT2D eigenvalue weighted by molar-refractivity contribution is 0.165. The molecular formula is C14H19NO3. The van der Waals surface area contributed by atoms with E-state index < -0.39 is 0 Å². The highest BCUT2D eigenvalue weighted by Crippen LogP contribution is 2.40. The van der Waals surface area contributed by atoms with Crippen molar-refractivity contribution in [3.05, 3.63) is 23.8 Å². The summed E-state index contributed by atoms with van der Waals surface area (Å²) in [7, 11) is 1.64. The largest absolute Gasteiger partial charge is 0.493 e. The number of ether oxygens (including phenoxy) is 3. The van der Waals surface area contributed by atoms with Crippen LogP contribution in [-0.4, -0.2) is 33.4 Å². The van der Waals surface area contributed by atoms with Crippen LogP contribution in [0.1, 0.15) is 12.5 Å². The fraction of sp³-hybridized carbons (Fsp3) is 0.429. The van der Waals surface area contributed by atoms with Crippen LogP contribution >= 0.6 is 0 Å². The van der Waals surface area contributed by atoms with Crippen LogP contribution in [0.2, 0.25) is 0 Å². The zero-order valence-electron chi connectivity index (χ0n) is 10.9. The van der Waals surface area contributed by atoms with E-state index in [4.69, 9.17) is 14.2 Å². The van der Waals surface area contributed by atoms with Crippen molar-refractivity contribution in [1.82, 2.24) is 5.32 Å². The summed E-state index contributed by atoms with van der Waals surface area (Å²) in [4.78, 5) is 0. The van der Waals surface area contributed by atoms with Crippen molar-refractivity contribution < 1.29 is 14.2 Å². The highest BCUT2D eigenvalue weighted by atomic mass is 16.6. The number of fused-ring (bicyclic) bond motifs is 1. The van der Waals surface area contributed by atoms with E-state index in [-0.39, 0.29) is 0 Å². The molecular weight excluding hydrogens is 230 g/mol. The van der Waals surface area contributed by atoms with E-state index >= 15 is 0 Å². The molecule has 98 valence electrons. The van der Waals surface area contributed by atoms with Crippen molar-refractivity contribution in [3.8, 4) is 17.2 Å². The van der Waals surface area contributed by atoms with E-state index in [1.807, 2.05) is 18.2 Å². The molecule has 1 aromatic carbocycles. The summed E-state index contributed by atoms with van der Waals surface area (Å²) in [6.07, 6.45) is 4.12. The molecule has 1 aromatic rings. The first-order valence-electron chi connectivity index (χ1n) is 6.20. The van der Waals surface area contributed by atoms with Gasteiger partial charge in [0, 0.05) is 6.54 Å². The maximum atomic E-state index is 5.58. The Bertz CT molecular complexity index is 412. The van der Waals surface area contributed by atoms with Crippen molar-refractivity contribution in [2.24, 2.45) is 0 Å². The van der Waals surface area contributed by atoms with Gasteiger partial charge in [-0.2, -0.15) is 0 Å². The molecule has 0 bridgehead atoms. The number of methoxy groups -OCH3 is 1. The summed E-state index contributed by atoms with van der Waals surface area (Å²) in [6.45, 7) is 5.06. The third-order valence-corrected chi connectivity index (χ3v) is 2.67. The van der Waals surface area contributed by atoms with Crippen LogP contribution in [0.25, 0.3) is 6.08 Å². The van der Waals surface area contributed by atoms with Gasteiger partial charge in [0.15, 0.2) is 11.5 Å². The normalized spacial score (nSPS) is 13.9. The minimum absolute atomic E-state index is 0.568. The quantitative estimate of drug-likeness (QED) is 0.811. The highest BCUT2D eigenvalue weighted by Gasteiger charge is 2.17. The lowest BCUT2D eigenvalue weighted by atomic mass is 10.1. The first-order chi connectivity index (χ1) is 8.85. The van der Waals surface area contributed by atoms with Crippen LogP contribution < -0.4 is 19.5 Å². The lowest BCUT2D eigenvalue weighted by Crippen LogP contribution is -2.16. The molecule has 1 aliphatic rings. The van der Waals surface area contributed by atoms with Gasteiger partial charge in [-0.15, -0.1) is 0 Å². The topological polar surface area (TPSA) is 39.7 Å². The molecule has 0 atom stereocenters. The van der Waals surface area contributed by atoms with Crippen LogP contribution in [0.5, 0.6) is 17.2 Å². The van der Waals surface area contributed by atoms with Gasteiger partial charge in [-0.1, -0.05) is 19.1 Å². The standard InChI is InChI=1S/C14H19NO3/c1-3-15-6-4-5-11-9-12(16-2)14-13(10-11)17-7-8-18-14/h4-5,9-10,15H,3,6-8H2,1-2H3. The predicted molar refractivity (Wildman–Crippen MR) is 71.6 cm³/mol. The smallest absolute Gasteiger partial charge is 0.203 e. The number of hydrogen-bond donors (Lipinski definition) is 1. The highest BCUT2D eigenvalue weighted by molar-refractivity contribution is 5.62. The van der Waals surface area contributed by atoms with Gasteiger partial charge in [0.05, 0.1) is 7.11 Å². The fourth-order valence-electron chi connectivity index (χ4n) is 1.81. The van der Waals surface area contributed by atoms with Gasteiger partial charge in [-0.05, 0) is 24.2 Å². The van der Waals surface area contributed by atoms with E-state index in [2.05, 4.69) is 18.3 Å². The Hall–Kier alpha value is -1.68. The molecule has 0 saturated heterocycles. The molecule has 1 heterocycles. The average molecular weight is 249 g/mol. The molecule has 0 fully saturated rings. The van der Waals surface area contributed by atoms with Gasteiger partial charge in [-0.25, -0.2) is 0 Å². The van der Waals surface area contributed by atoms with Crippen molar-refractivity contribution in [2.75, 3.05) is 33.4 Å². The van der Waals surface area contributed by atoms with Crippen molar-refractivity contribution >= 4 is 6.08 Å². The molecule has 0 aliphatic carbocycles. The van der Waals surface area contributed by atoms with Gasteiger partial charge >= 0.3 is 0 Å². The maximum Gasteiger partial charge on any atom is 0.203 e. The van der Waals surface area contributed by atoms with E-state index in [9.17, 15) is 0 Å². The van der Waals surface area contributed by atoms with Gasteiger partial charge in [0.2, 0.25) is 5.75 Å². The third kappa shape index (κ3) is 2.96. The second kappa shape index (κ2) is 6.31. The maximum absolute atomic E-state index is 5.58. The van der Waals surface area contributed by atoms with Crippen LogP contribution in [0.4, 0.5) is 0 Å². The van der Waals surface area contributed by atoms with Gasteiger partial charge in [0.25, 0.3) is 0 Å². The molecule has 0 aromatic heterocycles. The molecule has 4 nitrogen and oxygen atoms in total. The molecule has 1 aliphatic heterocycles. The number of rotatable bonds is 5. The Morgan fingerprint density at radius 1 is 1.33 bits per heavy atom. The molecule has 0 amide bonds. The van der Waals surface area contributed by atoms with Crippen LogP contribution in [0, 0.1) is 0 Å². The fourth-order valence-corrected chi connectivity index (χ4v) is 1.81. The number of nitrogens with one attached hydrogen (secondary N) is 1. The third-order valence-electron chi connectivity index (χ3n) is 2.67. The Labute approximate surface area is 108 Å². The summed E-state index contributed by atoms with van der Waals surface area (Å²) in [6, 6.07) is 3.93. The molecule has 1 N–H and O–H groups in total. The van der Waals surface area contributed by atoms with Crippen molar-refractivity contribution in [3.63, 3.8) is 0 Å². The van der Waals surface area contributed by atoms with Crippen LogP contribution in [0.3, 0.4) is 0 Å². The summed E-state index contributed by atoms with van der Waals surface area (Å²) in [5.74, 6) is 2.17. The van der Waals surface area contributed by atoms with Crippen LogP contribution in [-0.2, 0) is 0 Å². The zero-order chi connectivity index (χ0) is 12.8. The Morgan fingerprint density at radius 3 is 2.94 bits per heavy atom. The zero-order valence-corrected chi connectivity index (χ0v) is 10.9. The second-order valence-electron chi connectivity index (χ2n) is 3.96. The Balaban J connectivity index is 2.19. The van der Waals surface area contributed by atoms with Gasteiger partial charge < -0.3 is 19.5 Å². The minimum atomic E-state index is 0.568. The number of hydrogen-bond acceptors (Lipinski definition) is 4. The molecule has 0 saturated carbocycles.